The van der Waals surface area contributed by atoms with Crippen LogP contribution in [0.2, 0.25) is 0 Å². The fraction of sp³-hybridized carbons (Fsp3) is 0.231. The maximum absolute atomic E-state index is 11.7. The van der Waals surface area contributed by atoms with E-state index in [4.69, 9.17) is 0 Å². The summed E-state index contributed by atoms with van der Waals surface area (Å²) < 4.78 is 0. The lowest BCUT2D eigenvalue weighted by Gasteiger charge is -1.99. The molecule has 1 aliphatic rings. The van der Waals surface area contributed by atoms with E-state index in [0.717, 1.165) is 28.9 Å². The Labute approximate surface area is 93.5 Å². The first-order valence-electron chi connectivity index (χ1n) is 5.43. The Kier molecular flexibility index (Phi) is 1.93. The van der Waals surface area contributed by atoms with Gasteiger partial charge in [-0.1, -0.05) is 29.8 Å². The van der Waals surface area contributed by atoms with E-state index in [1.807, 2.05) is 31.2 Å². The van der Waals surface area contributed by atoms with Gasteiger partial charge in [0.2, 0.25) is 0 Å². The maximum atomic E-state index is 11.7. The summed E-state index contributed by atoms with van der Waals surface area (Å²) in [6.07, 6.45) is 1.41. The summed E-state index contributed by atoms with van der Waals surface area (Å²) in [6.45, 7) is 2.05. The van der Waals surface area contributed by atoms with Gasteiger partial charge in [-0.3, -0.25) is 9.89 Å². The molecule has 16 heavy (non-hydrogen) atoms. The molecule has 1 aliphatic carbocycles. The van der Waals surface area contributed by atoms with Crippen molar-refractivity contribution in [2.24, 2.45) is 0 Å². The smallest absolute Gasteiger partial charge is 0.167 e. The van der Waals surface area contributed by atoms with Gasteiger partial charge in [0.1, 0.15) is 5.69 Å². The minimum Gasteiger partial charge on any atom is -0.294 e. The van der Waals surface area contributed by atoms with Crippen LogP contribution in [0.25, 0.3) is 11.3 Å². The first-order chi connectivity index (χ1) is 7.75. The molecule has 3 heteroatoms. The van der Waals surface area contributed by atoms with Crippen molar-refractivity contribution in [1.82, 2.24) is 10.2 Å². The van der Waals surface area contributed by atoms with Gasteiger partial charge in [-0.2, -0.15) is 5.10 Å². The Bertz CT molecular complexity index is 552. The third kappa shape index (κ3) is 1.28. The van der Waals surface area contributed by atoms with Crippen LogP contribution in [0.4, 0.5) is 0 Å². The molecule has 0 aliphatic heterocycles. The van der Waals surface area contributed by atoms with Crippen LogP contribution >= 0.6 is 0 Å². The minimum absolute atomic E-state index is 0.208. The van der Waals surface area contributed by atoms with Crippen LogP contribution in [0, 0.1) is 6.92 Å². The molecule has 0 unspecified atom stereocenters. The Morgan fingerprint density at radius 3 is 2.69 bits per heavy atom. The van der Waals surface area contributed by atoms with Crippen LogP contribution in [0.15, 0.2) is 24.3 Å². The van der Waals surface area contributed by atoms with Crippen LogP contribution in [0.5, 0.6) is 0 Å². The second-order valence-corrected chi connectivity index (χ2v) is 4.21. The number of carbonyl (C=O) groups is 1. The maximum Gasteiger partial charge on any atom is 0.167 e. The van der Waals surface area contributed by atoms with Gasteiger partial charge < -0.3 is 0 Å². The molecule has 0 bridgehead atoms. The summed E-state index contributed by atoms with van der Waals surface area (Å²) in [7, 11) is 0. The lowest BCUT2D eigenvalue weighted by atomic mass is 10.0. The number of Topliss-reactive ketones (excluding diaryl/α,β-unsaturated/α-hetero) is 1. The number of benzene rings is 1. The Hall–Kier alpha value is -1.90. The number of hydrogen-bond donors (Lipinski definition) is 1. The molecule has 1 aromatic heterocycles. The van der Waals surface area contributed by atoms with Gasteiger partial charge in [0.05, 0.1) is 5.56 Å². The summed E-state index contributed by atoms with van der Waals surface area (Å²) in [6, 6.07) is 8.10. The van der Waals surface area contributed by atoms with E-state index in [0.29, 0.717) is 6.42 Å². The topological polar surface area (TPSA) is 45.8 Å². The van der Waals surface area contributed by atoms with Crippen LogP contribution in [-0.4, -0.2) is 16.0 Å². The SMILES string of the molecule is Cc1ccc(-c2n[nH]c3c2C(=O)CC3)cc1. The number of fused-ring (bicyclic) bond motifs is 1. The molecule has 0 radical (unpaired) electrons. The van der Waals surface area contributed by atoms with Crippen LogP contribution in [-0.2, 0) is 6.42 Å². The summed E-state index contributed by atoms with van der Waals surface area (Å²) in [5, 5.41) is 7.20. The van der Waals surface area contributed by atoms with Crippen molar-refractivity contribution >= 4 is 5.78 Å². The van der Waals surface area contributed by atoms with E-state index in [9.17, 15) is 4.79 Å². The predicted molar refractivity (Wildman–Crippen MR) is 61.4 cm³/mol. The molecule has 0 amide bonds. The highest BCUT2D eigenvalue weighted by atomic mass is 16.1. The fourth-order valence-electron chi connectivity index (χ4n) is 2.14. The standard InChI is InChI=1S/C13H12N2O/c1-8-2-4-9(5-3-8)13-12-10(14-15-13)6-7-11(12)16/h2-5H,6-7H2,1H3,(H,14,15). The first-order valence-corrected chi connectivity index (χ1v) is 5.43. The van der Waals surface area contributed by atoms with E-state index < -0.39 is 0 Å². The molecular formula is C13H12N2O. The van der Waals surface area contributed by atoms with E-state index in [2.05, 4.69) is 10.2 Å². The van der Waals surface area contributed by atoms with Gasteiger partial charge in [-0.15, -0.1) is 0 Å². The molecule has 0 fully saturated rings. The molecule has 2 aromatic rings. The molecule has 1 heterocycles. The van der Waals surface area contributed by atoms with E-state index >= 15 is 0 Å². The van der Waals surface area contributed by atoms with Crippen LogP contribution in [0.1, 0.15) is 28.0 Å². The van der Waals surface area contributed by atoms with E-state index in [1.165, 1.54) is 5.56 Å². The highest BCUT2D eigenvalue weighted by Gasteiger charge is 2.26. The monoisotopic (exact) mass is 212 g/mol. The third-order valence-corrected chi connectivity index (χ3v) is 3.05. The first kappa shape index (κ1) is 9.33. The fourth-order valence-corrected chi connectivity index (χ4v) is 2.14. The van der Waals surface area contributed by atoms with Crippen molar-refractivity contribution in [3.63, 3.8) is 0 Å². The molecule has 80 valence electrons. The largest absolute Gasteiger partial charge is 0.294 e. The van der Waals surface area contributed by atoms with Gasteiger partial charge in [0, 0.05) is 17.7 Å². The minimum atomic E-state index is 0.208. The Morgan fingerprint density at radius 1 is 1.19 bits per heavy atom. The molecule has 3 nitrogen and oxygen atoms in total. The normalized spacial score (nSPS) is 14.2. The van der Waals surface area contributed by atoms with Gasteiger partial charge in [0.15, 0.2) is 5.78 Å². The van der Waals surface area contributed by atoms with Gasteiger partial charge in [-0.25, -0.2) is 0 Å². The molecular weight excluding hydrogens is 200 g/mol. The van der Waals surface area contributed by atoms with Crippen molar-refractivity contribution in [2.75, 3.05) is 0 Å². The van der Waals surface area contributed by atoms with Crippen molar-refractivity contribution < 1.29 is 4.79 Å². The number of rotatable bonds is 1. The number of hydrogen-bond acceptors (Lipinski definition) is 2. The van der Waals surface area contributed by atoms with Crippen molar-refractivity contribution in [3.8, 4) is 11.3 Å². The van der Waals surface area contributed by atoms with Crippen molar-refractivity contribution in [2.45, 2.75) is 19.8 Å². The average Bonchev–Trinajstić information content (AvgIpc) is 2.84. The Balaban J connectivity index is 2.14. The summed E-state index contributed by atoms with van der Waals surface area (Å²) >= 11 is 0. The molecule has 3 rings (SSSR count). The second-order valence-electron chi connectivity index (χ2n) is 4.21. The van der Waals surface area contributed by atoms with Crippen molar-refractivity contribution in [3.05, 3.63) is 41.1 Å². The second kappa shape index (κ2) is 3.30. The summed E-state index contributed by atoms with van der Waals surface area (Å²) in [4.78, 5) is 11.7. The zero-order valence-corrected chi connectivity index (χ0v) is 9.08. The zero-order chi connectivity index (χ0) is 11.1. The van der Waals surface area contributed by atoms with E-state index in [1.54, 1.807) is 0 Å². The lowest BCUT2D eigenvalue weighted by Crippen LogP contribution is -1.93. The highest BCUT2D eigenvalue weighted by molar-refractivity contribution is 6.05. The Morgan fingerprint density at radius 2 is 1.94 bits per heavy atom. The quantitative estimate of drug-likeness (QED) is 0.789. The number of H-pyrrole nitrogens is 1. The number of aromatic nitrogens is 2. The number of nitrogens with zero attached hydrogens (tertiary/aromatic N) is 1. The summed E-state index contributed by atoms with van der Waals surface area (Å²) in [5.41, 5.74) is 4.81. The lowest BCUT2D eigenvalue weighted by molar-refractivity contribution is 0.0995. The van der Waals surface area contributed by atoms with Crippen LogP contribution in [0.3, 0.4) is 0 Å². The van der Waals surface area contributed by atoms with Gasteiger partial charge >= 0.3 is 0 Å². The highest BCUT2D eigenvalue weighted by Crippen LogP contribution is 2.30. The molecule has 1 aromatic carbocycles. The number of aryl methyl sites for hydroxylation is 2. The average molecular weight is 212 g/mol. The number of aromatic amines is 1. The molecule has 0 atom stereocenters. The van der Waals surface area contributed by atoms with Crippen molar-refractivity contribution in [1.29, 1.82) is 0 Å². The molecule has 1 N–H and O–H groups in total. The molecule has 0 saturated heterocycles. The number of nitrogens with one attached hydrogen (secondary N) is 1. The van der Waals surface area contributed by atoms with Crippen LogP contribution < -0.4 is 0 Å². The zero-order valence-electron chi connectivity index (χ0n) is 9.08. The third-order valence-electron chi connectivity index (χ3n) is 3.05. The molecule has 0 spiro atoms. The van der Waals surface area contributed by atoms with Gasteiger partial charge in [-0.05, 0) is 13.3 Å². The van der Waals surface area contributed by atoms with E-state index in [-0.39, 0.29) is 5.78 Å². The van der Waals surface area contributed by atoms with Gasteiger partial charge in [0.25, 0.3) is 0 Å². The predicted octanol–water partition coefficient (Wildman–Crippen LogP) is 2.51. The number of ketones is 1. The molecule has 0 saturated carbocycles. The summed E-state index contributed by atoms with van der Waals surface area (Å²) in [5.74, 6) is 0.208. The number of carbonyl (C=O) groups excluding carboxylic acids is 1.